The van der Waals surface area contributed by atoms with Crippen molar-refractivity contribution in [3.05, 3.63) is 92.4 Å². The second kappa shape index (κ2) is 10.2. The molecule has 0 aromatic heterocycles. The minimum absolute atomic E-state index is 0.163. The molecular weight excluding hydrogens is 568 g/mol. The van der Waals surface area contributed by atoms with Gasteiger partial charge >= 0.3 is 6.03 Å². The van der Waals surface area contributed by atoms with Crippen LogP contribution in [0.15, 0.2) is 81.2 Å². The van der Waals surface area contributed by atoms with Crippen molar-refractivity contribution in [2.45, 2.75) is 6.61 Å². The second-order valence-corrected chi connectivity index (χ2v) is 8.93. The molecule has 34 heavy (non-hydrogen) atoms. The molecule has 0 bridgehead atoms. The Morgan fingerprint density at radius 2 is 1.68 bits per heavy atom. The number of amides is 4. The standard InChI is InChI=1S/C25H18Br2N2O5/c1-33-18-9-7-17(8-10-18)29-24(31)19(23(30)28-25(29)32)12-15-6-11-22(21(27)13-15)34-14-16-4-2-3-5-20(16)26/h2-13H,14H2,1H3,(H,28,30,32)/b19-12+. The lowest BCUT2D eigenvalue weighted by atomic mass is 10.1. The lowest BCUT2D eigenvalue weighted by Gasteiger charge is -2.26. The Hall–Kier alpha value is -3.43. The summed E-state index contributed by atoms with van der Waals surface area (Å²) in [5.74, 6) is -0.297. The summed E-state index contributed by atoms with van der Waals surface area (Å²) in [6.07, 6.45) is 1.43. The number of rotatable bonds is 6. The fourth-order valence-corrected chi connectivity index (χ4v) is 4.19. The number of hydrogen-bond acceptors (Lipinski definition) is 5. The topological polar surface area (TPSA) is 84.9 Å². The Balaban J connectivity index is 1.56. The summed E-state index contributed by atoms with van der Waals surface area (Å²) in [5.41, 5.74) is 1.74. The normalized spacial score (nSPS) is 14.9. The maximum atomic E-state index is 13.1. The van der Waals surface area contributed by atoms with Crippen LogP contribution in [0.4, 0.5) is 10.5 Å². The maximum absolute atomic E-state index is 13.1. The average Bonchev–Trinajstić information content (AvgIpc) is 2.82. The summed E-state index contributed by atoms with van der Waals surface area (Å²) in [5, 5.41) is 2.21. The molecule has 1 saturated heterocycles. The van der Waals surface area contributed by atoms with E-state index in [1.165, 1.54) is 13.2 Å². The number of barbiturate groups is 1. The largest absolute Gasteiger partial charge is 0.497 e. The number of nitrogens with zero attached hydrogens (tertiary/aromatic N) is 1. The van der Waals surface area contributed by atoms with Gasteiger partial charge in [0.05, 0.1) is 17.3 Å². The van der Waals surface area contributed by atoms with E-state index >= 15 is 0 Å². The van der Waals surface area contributed by atoms with Crippen LogP contribution >= 0.6 is 31.9 Å². The van der Waals surface area contributed by atoms with Crippen molar-refractivity contribution in [2.75, 3.05) is 12.0 Å². The first-order valence-corrected chi connectivity index (χ1v) is 11.7. The number of ether oxygens (including phenoxy) is 2. The number of nitrogens with one attached hydrogen (secondary N) is 1. The first-order chi connectivity index (χ1) is 16.4. The van der Waals surface area contributed by atoms with Crippen molar-refractivity contribution >= 4 is 61.5 Å². The molecule has 3 aromatic rings. The van der Waals surface area contributed by atoms with Gasteiger partial charge in [-0.1, -0.05) is 40.2 Å². The van der Waals surface area contributed by atoms with Crippen LogP contribution in [-0.4, -0.2) is 25.0 Å². The molecule has 1 aliphatic rings. The Bertz CT molecular complexity index is 1300. The second-order valence-electron chi connectivity index (χ2n) is 7.23. The van der Waals surface area contributed by atoms with Crippen molar-refractivity contribution in [3.63, 3.8) is 0 Å². The Morgan fingerprint density at radius 1 is 0.941 bits per heavy atom. The summed E-state index contributed by atoms with van der Waals surface area (Å²) in [7, 11) is 1.52. The van der Waals surface area contributed by atoms with E-state index < -0.39 is 17.8 Å². The fourth-order valence-electron chi connectivity index (χ4n) is 3.28. The SMILES string of the molecule is COc1ccc(N2C(=O)NC(=O)/C(=C\c3ccc(OCc4ccccc4Br)c(Br)c3)C2=O)cc1. The van der Waals surface area contributed by atoms with E-state index in [1.54, 1.807) is 42.5 Å². The third-order valence-electron chi connectivity index (χ3n) is 5.04. The van der Waals surface area contributed by atoms with E-state index in [9.17, 15) is 14.4 Å². The third-order valence-corrected chi connectivity index (χ3v) is 6.43. The number of imide groups is 2. The average molecular weight is 586 g/mol. The summed E-state index contributed by atoms with van der Waals surface area (Å²) in [6, 6.07) is 18.5. The summed E-state index contributed by atoms with van der Waals surface area (Å²) < 4.78 is 12.6. The molecule has 0 atom stereocenters. The van der Waals surface area contributed by atoms with Gasteiger partial charge in [0.15, 0.2) is 0 Å². The molecule has 4 amide bonds. The molecule has 1 aliphatic heterocycles. The lowest BCUT2D eigenvalue weighted by molar-refractivity contribution is -0.122. The van der Waals surface area contributed by atoms with E-state index in [1.807, 2.05) is 24.3 Å². The van der Waals surface area contributed by atoms with Gasteiger partial charge in [0, 0.05) is 10.0 Å². The number of halogens is 2. The highest BCUT2D eigenvalue weighted by Crippen LogP contribution is 2.30. The molecule has 0 spiro atoms. The number of urea groups is 1. The number of hydrogen-bond donors (Lipinski definition) is 1. The lowest BCUT2D eigenvalue weighted by Crippen LogP contribution is -2.54. The predicted molar refractivity (Wildman–Crippen MR) is 135 cm³/mol. The molecule has 3 aromatic carbocycles. The van der Waals surface area contributed by atoms with Crippen LogP contribution in [0.5, 0.6) is 11.5 Å². The zero-order chi connectivity index (χ0) is 24.2. The fraction of sp³-hybridized carbons (Fsp3) is 0.0800. The number of anilines is 1. The zero-order valence-corrected chi connectivity index (χ0v) is 21.1. The minimum atomic E-state index is -0.811. The van der Waals surface area contributed by atoms with Crippen molar-refractivity contribution < 1.29 is 23.9 Å². The Kier molecular flexibility index (Phi) is 7.14. The number of benzene rings is 3. The zero-order valence-electron chi connectivity index (χ0n) is 17.9. The van der Waals surface area contributed by atoms with E-state index in [0.29, 0.717) is 33.8 Å². The molecule has 1 N–H and O–H groups in total. The smallest absolute Gasteiger partial charge is 0.335 e. The number of methoxy groups -OCH3 is 1. The highest BCUT2D eigenvalue weighted by molar-refractivity contribution is 9.10. The van der Waals surface area contributed by atoms with Crippen LogP contribution < -0.4 is 19.7 Å². The van der Waals surface area contributed by atoms with Gasteiger partial charge in [-0.05, 0) is 70.0 Å². The van der Waals surface area contributed by atoms with Gasteiger partial charge in [-0.25, -0.2) is 9.69 Å². The quantitative estimate of drug-likeness (QED) is 0.306. The van der Waals surface area contributed by atoms with Gasteiger partial charge in [-0.3, -0.25) is 14.9 Å². The van der Waals surface area contributed by atoms with Gasteiger partial charge in [-0.15, -0.1) is 0 Å². The van der Waals surface area contributed by atoms with Gasteiger partial charge < -0.3 is 9.47 Å². The van der Waals surface area contributed by atoms with Crippen molar-refractivity contribution in [3.8, 4) is 11.5 Å². The number of carbonyl (C=O) groups excluding carboxylic acids is 3. The van der Waals surface area contributed by atoms with Gasteiger partial charge in [-0.2, -0.15) is 0 Å². The minimum Gasteiger partial charge on any atom is -0.497 e. The highest BCUT2D eigenvalue weighted by atomic mass is 79.9. The summed E-state index contributed by atoms with van der Waals surface area (Å²) >= 11 is 6.97. The Labute approximate surface area is 212 Å². The molecule has 7 nitrogen and oxygen atoms in total. The van der Waals surface area contributed by atoms with Crippen molar-refractivity contribution in [1.82, 2.24) is 5.32 Å². The van der Waals surface area contributed by atoms with Gasteiger partial charge in [0.1, 0.15) is 23.7 Å². The van der Waals surface area contributed by atoms with Crippen molar-refractivity contribution in [2.24, 2.45) is 0 Å². The molecule has 172 valence electrons. The third kappa shape index (κ3) is 5.05. The predicted octanol–water partition coefficient (Wildman–Crippen LogP) is 5.47. The van der Waals surface area contributed by atoms with Crippen LogP contribution in [0, 0.1) is 0 Å². The highest BCUT2D eigenvalue weighted by Gasteiger charge is 2.36. The van der Waals surface area contributed by atoms with E-state index in [-0.39, 0.29) is 5.57 Å². The molecular formula is C25H18Br2N2O5. The molecule has 0 saturated carbocycles. The van der Waals surface area contributed by atoms with E-state index in [0.717, 1.165) is 14.9 Å². The van der Waals surface area contributed by atoms with Crippen molar-refractivity contribution in [1.29, 1.82) is 0 Å². The summed E-state index contributed by atoms with van der Waals surface area (Å²) in [6.45, 7) is 0.361. The van der Waals surface area contributed by atoms with Crippen LogP contribution in [0.1, 0.15) is 11.1 Å². The molecule has 0 unspecified atom stereocenters. The van der Waals surface area contributed by atoms with Gasteiger partial charge in [0.2, 0.25) is 0 Å². The van der Waals surface area contributed by atoms with Crippen LogP contribution in [-0.2, 0) is 16.2 Å². The molecule has 1 fully saturated rings. The molecule has 1 heterocycles. The molecule has 9 heteroatoms. The van der Waals surface area contributed by atoms with Crippen LogP contribution in [0.2, 0.25) is 0 Å². The Morgan fingerprint density at radius 3 is 2.35 bits per heavy atom. The van der Waals surface area contributed by atoms with Crippen LogP contribution in [0.25, 0.3) is 6.08 Å². The first kappa shape index (κ1) is 23.7. The first-order valence-electron chi connectivity index (χ1n) is 10.1. The summed E-state index contributed by atoms with van der Waals surface area (Å²) in [4.78, 5) is 38.8. The van der Waals surface area contributed by atoms with Crippen LogP contribution in [0.3, 0.4) is 0 Å². The number of carbonyl (C=O) groups is 3. The monoisotopic (exact) mass is 584 g/mol. The maximum Gasteiger partial charge on any atom is 0.335 e. The molecule has 0 radical (unpaired) electrons. The molecule has 4 rings (SSSR count). The van der Waals surface area contributed by atoms with E-state index in [2.05, 4.69) is 37.2 Å². The van der Waals surface area contributed by atoms with E-state index in [4.69, 9.17) is 9.47 Å². The van der Waals surface area contributed by atoms with Gasteiger partial charge in [0.25, 0.3) is 11.8 Å². The molecule has 0 aliphatic carbocycles.